The fourth-order valence-electron chi connectivity index (χ4n) is 7.65. The van der Waals surface area contributed by atoms with Gasteiger partial charge in [0.25, 0.3) is 5.91 Å². The Morgan fingerprint density at radius 1 is 0.980 bits per heavy atom. The van der Waals surface area contributed by atoms with Crippen molar-refractivity contribution in [2.24, 2.45) is 11.8 Å². The quantitative estimate of drug-likeness (QED) is 0.262. The van der Waals surface area contributed by atoms with E-state index in [2.05, 4.69) is 10.2 Å². The van der Waals surface area contributed by atoms with E-state index in [0.29, 0.717) is 71.6 Å². The molecular formula is C37H44Cl2N4O7. The molecule has 0 radical (unpaired) electrons. The molecule has 268 valence electrons. The predicted octanol–water partition coefficient (Wildman–Crippen LogP) is 5.96. The molecule has 3 fully saturated rings. The second-order valence-corrected chi connectivity index (χ2v) is 14.8. The van der Waals surface area contributed by atoms with Crippen LogP contribution in [0.15, 0.2) is 47.1 Å². The molecule has 2 aromatic carbocycles. The lowest BCUT2D eigenvalue weighted by atomic mass is 9.87. The van der Waals surface area contributed by atoms with Gasteiger partial charge < -0.3 is 29.4 Å². The predicted molar refractivity (Wildman–Crippen MR) is 191 cm³/mol. The molecule has 1 aromatic heterocycles. The summed E-state index contributed by atoms with van der Waals surface area (Å²) >= 11 is 13.3. The molecule has 0 bridgehead atoms. The van der Waals surface area contributed by atoms with Gasteiger partial charge in [-0.15, -0.1) is 0 Å². The fraction of sp³-hybridized carbons (Fsp3) is 0.514. The van der Waals surface area contributed by atoms with Crippen LogP contribution in [0.5, 0.6) is 0 Å². The summed E-state index contributed by atoms with van der Waals surface area (Å²) in [5, 5.41) is 13.4. The van der Waals surface area contributed by atoms with E-state index in [1.807, 2.05) is 17.0 Å². The molecule has 2 atom stereocenters. The minimum atomic E-state index is -0.754. The lowest BCUT2D eigenvalue weighted by molar-refractivity contribution is -0.144. The maximum Gasteiger partial charge on any atom is 0.306 e. The van der Waals surface area contributed by atoms with Crippen molar-refractivity contribution in [1.29, 1.82) is 0 Å². The molecule has 6 rings (SSSR count). The number of carbonyl (C=O) groups excluding carboxylic acids is 3. The minimum Gasteiger partial charge on any atom is -0.481 e. The van der Waals surface area contributed by atoms with E-state index in [1.54, 1.807) is 43.3 Å². The molecule has 2 aliphatic heterocycles. The van der Waals surface area contributed by atoms with Crippen molar-refractivity contribution >= 4 is 63.5 Å². The number of likely N-dealkylation sites (tertiary alicyclic amines) is 2. The van der Waals surface area contributed by atoms with Crippen molar-refractivity contribution in [3.63, 3.8) is 0 Å². The minimum absolute atomic E-state index is 0.0131. The van der Waals surface area contributed by atoms with Gasteiger partial charge in [-0.3, -0.25) is 24.1 Å². The number of fused-ring (bicyclic) bond motifs is 1. The third-order valence-corrected chi connectivity index (χ3v) is 11.2. The van der Waals surface area contributed by atoms with Crippen LogP contribution in [0.3, 0.4) is 0 Å². The van der Waals surface area contributed by atoms with E-state index < -0.39 is 11.9 Å². The number of piperidine rings is 1. The molecule has 1 aliphatic carbocycles. The highest BCUT2D eigenvalue weighted by Crippen LogP contribution is 2.34. The molecule has 3 amide bonds. The fourth-order valence-corrected chi connectivity index (χ4v) is 8.11. The Balaban J connectivity index is 1.12. The van der Waals surface area contributed by atoms with Crippen LogP contribution < -0.4 is 5.32 Å². The van der Waals surface area contributed by atoms with E-state index in [1.165, 1.54) is 6.26 Å². The Morgan fingerprint density at radius 2 is 1.70 bits per heavy atom. The summed E-state index contributed by atoms with van der Waals surface area (Å²) < 4.78 is 11.8. The highest BCUT2D eigenvalue weighted by Gasteiger charge is 2.40. The number of carboxylic acid groups (broad SMARTS) is 1. The number of para-hydroxylation sites is 1. The number of nitrogens with one attached hydrogen (secondary N) is 1. The Morgan fingerprint density at radius 3 is 2.40 bits per heavy atom. The highest BCUT2D eigenvalue weighted by atomic mass is 35.5. The number of aliphatic carboxylic acids is 1. The first-order valence-corrected chi connectivity index (χ1v) is 18.1. The van der Waals surface area contributed by atoms with Gasteiger partial charge in [-0.1, -0.05) is 41.4 Å². The first-order valence-electron chi connectivity index (χ1n) is 17.3. The molecule has 13 heteroatoms. The summed E-state index contributed by atoms with van der Waals surface area (Å²) in [6.45, 7) is 2.46. The lowest BCUT2D eigenvalue weighted by Gasteiger charge is -2.36. The number of hydrogen-bond donors (Lipinski definition) is 2. The zero-order valence-corrected chi connectivity index (χ0v) is 29.9. The van der Waals surface area contributed by atoms with Crippen molar-refractivity contribution < 1.29 is 33.4 Å². The van der Waals surface area contributed by atoms with Gasteiger partial charge in [0, 0.05) is 43.0 Å². The van der Waals surface area contributed by atoms with Gasteiger partial charge in [-0.2, -0.15) is 0 Å². The number of nitrogens with zero attached hydrogens (tertiary/aromatic N) is 3. The molecule has 3 heterocycles. The topological polar surface area (TPSA) is 133 Å². The smallest absolute Gasteiger partial charge is 0.306 e. The Bertz CT molecular complexity index is 1730. The molecule has 1 saturated carbocycles. The number of halogens is 2. The zero-order valence-electron chi connectivity index (χ0n) is 28.4. The normalized spacial score (nSPS) is 23.2. The van der Waals surface area contributed by atoms with E-state index in [-0.39, 0.29) is 53.3 Å². The van der Waals surface area contributed by atoms with E-state index >= 15 is 0 Å². The van der Waals surface area contributed by atoms with Crippen LogP contribution in [0.1, 0.15) is 60.9 Å². The molecule has 3 aliphatic rings. The van der Waals surface area contributed by atoms with Gasteiger partial charge >= 0.3 is 5.97 Å². The molecule has 2 saturated heterocycles. The maximum absolute atomic E-state index is 14.0. The number of hydrogen-bond acceptors (Lipinski definition) is 7. The molecule has 3 aromatic rings. The third kappa shape index (κ3) is 8.12. The number of carbonyl (C=O) groups is 4. The second kappa shape index (κ2) is 15.7. The van der Waals surface area contributed by atoms with Gasteiger partial charge in [0.1, 0.15) is 11.8 Å². The SMILES string of the molecule is CN(C)C(=O)C1CCN([C@H]2C[C@@H](CO[C@H]3CC[C@H](C(=O)O)CC3)N(C(=O)Cc3cc(Cl)c(NC(=O)c4coc5ccccc45)cc3Cl)C2)CC1. The Kier molecular flexibility index (Phi) is 11.4. The third-order valence-electron chi connectivity index (χ3n) is 10.5. The van der Waals surface area contributed by atoms with Gasteiger partial charge in [0.2, 0.25) is 11.8 Å². The largest absolute Gasteiger partial charge is 0.481 e. The molecule has 0 unspecified atom stereocenters. The van der Waals surface area contributed by atoms with Crippen LogP contribution in [-0.2, 0) is 25.5 Å². The Labute approximate surface area is 301 Å². The number of amides is 3. The summed E-state index contributed by atoms with van der Waals surface area (Å²) in [5.41, 5.74) is 1.83. The monoisotopic (exact) mass is 726 g/mol. The number of ether oxygens (including phenoxy) is 1. The second-order valence-electron chi connectivity index (χ2n) is 14.0. The average Bonchev–Trinajstić information content (AvgIpc) is 3.74. The maximum atomic E-state index is 14.0. The van der Waals surface area contributed by atoms with Gasteiger partial charge in [-0.05, 0) is 81.8 Å². The number of furan rings is 1. The highest BCUT2D eigenvalue weighted by molar-refractivity contribution is 6.36. The summed E-state index contributed by atoms with van der Waals surface area (Å²) in [4.78, 5) is 57.0. The number of carboxylic acids is 1. The number of anilines is 1. The van der Waals surface area contributed by atoms with Crippen LogP contribution in [0.4, 0.5) is 5.69 Å². The summed E-state index contributed by atoms with van der Waals surface area (Å²) in [6, 6.07) is 10.4. The van der Waals surface area contributed by atoms with Gasteiger partial charge in [0.05, 0.1) is 47.4 Å². The summed E-state index contributed by atoms with van der Waals surface area (Å²) in [7, 11) is 3.58. The zero-order chi connectivity index (χ0) is 35.5. The molecule has 11 nitrogen and oxygen atoms in total. The molecule has 50 heavy (non-hydrogen) atoms. The first-order chi connectivity index (χ1) is 24.0. The van der Waals surface area contributed by atoms with Crippen LogP contribution in [0, 0.1) is 11.8 Å². The summed E-state index contributed by atoms with van der Waals surface area (Å²) in [6.07, 6.45) is 6.23. The Hall–Kier alpha value is -3.64. The van der Waals surface area contributed by atoms with Crippen LogP contribution in [-0.4, -0.2) is 102 Å². The van der Waals surface area contributed by atoms with Gasteiger partial charge in [0.15, 0.2) is 0 Å². The van der Waals surface area contributed by atoms with Crippen molar-refractivity contribution in [1.82, 2.24) is 14.7 Å². The van der Waals surface area contributed by atoms with Gasteiger partial charge in [-0.25, -0.2) is 0 Å². The molecule has 0 spiro atoms. The van der Waals surface area contributed by atoms with Crippen LogP contribution in [0.2, 0.25) is 10.0 Å². The standard InChI is InChI=1S/C37H44Cl2N4O7/c1-41(2)36(46)22-11-13-42(14-12-22)25-17-26(20-49-27-9-7-23(8-10-27)37(47)48)43(19-25)34(44)16-24-15-31(39)32(18-30(24)38)40-35(45)29-21-50-33-6-4-3-5-28(29)33/h3-6,15,18,21-23,25-27H,7-14,16-17,19-20H2,1-2H3,(H,40,45)(H,47,48)/t23-,25-,26-,27-/m0/s1. The van der Waals surface area contributed by atoms with E-state index in [9.17, 15) is 24.3 Å². The molecular weight excluding hydrogens is 683 g/mol. The van der Waals surface area contributed by atoms with Crippen molar-refractivity contribution in [3.8, 4) is 0 Å². The van der Waals surface area contributed by atoms with Crippen LogP contribution >= 0.6 is 23.2 Å². The lowest BCUT2D eigenvalue weighted by Crippen LogP contribution is -2.46. The van der Waals surface area contributed by atoms with E-state index in [0.717, 1.165) is 32.4 Å². The van der Waals surface area contributed by atoms with Crippen LogP contribution in [0.25, 0.3) is 11.0 Å². The van der Waals surface area contributed by atoms with Crippen molar-refractivity contribution in [3.05, 3.63) is 63.8 Å². The first kappa shape index (κ1) is 36.2. The van der Waals surface area contributed by atoms with Crippen molar-refractivity contribution in [2.75, 3.05) is 45.7 Å². The molecule has 2 N–H and O–H groups in total. The number of benzene rings is 2. The number of rotatable bonds is 10. The van der Waals surface area contributed by atoms with E-state index in [4.69, 9.17) is 32.4 Å². The summed E-state index contributed by atoms with van der Waals surface area (Å²) in [5.74, 6) is -1.40. The average molecular weight is 728 g/mol. The van der Waals surface area contributed by atoms with Crippen molar-refractivity contribution in [2.45, 2.75) is 69.6 Å².